The first-order valence-corrected chi connectivity index (χ1v) is 8.79. The van der Waals surface area contributed by atoms with E-state index < -0.39 is 11.9 Å². The van der Waals surface area contributed by atoms with Crippen molar-refractivity contribution in [3.05, 3.63) is 34.9 Å². The SMILES string of the molecule is CC.CCCc1ccc2c(c1)CN(C(CCC)C(=O)NC=O)C2=O. The molecule has 1 aromatic carbocycles. The lowest BCUT2D eigenvalue weighted by Gasteiger charge is -2.25. The maximum Gasteiger partial charge on any atom is 0.255 e. The summed E-state index contributed by atoms with van der Waals surface area (Å²) in [4.78, 5) is 36.7. The van der Waals surface area contributed by atoms with Gasteiger partial charge in [-0.1, -0.05) is 52.7 Å². The van der Waals surface area contributed by atoms with Crippen LogP contribution in [0.5, 0.6) is 0 Å². The van der Waals surface area contributed by atoms with Crippen molar-refractivity contribution in [2.75, 3.05) is 0 Å². The number of imide groups is 1. The van der Waals surface area contributed by atoms with E-state index >= 15 is 0 Å². The van der Waals surface area contributed by atoms with Gasteiger partial charge in [-0.15, -0.1) is 0 Å². The predicted octanol–water partition coefficient (Wildman–Crippen LogP) is 3.06. The molecule has 1 aliphatic rings. The minimum atomic E-state index is -0.593. The van der Waals surface area contributed by atoms with Crippen molar-refractivity contribution < 1.29 is 14.4 Å². The van der Waals surface area contributed by atoms with Gasteiger partial charge in [0.2, 0.25) is 12.3 Å². The maximum atomic E-state index is 12.5. The highest BCUT2D eigenvalue weighted by atomic mass is 16.2. The third-order valence-corrected chi connectivity index (χ3v) is 3.98. The van der Waals surface area contributed by atoms with Gasteiger partial charge in [0.25, 0.3) is 5.91 Å². The molecule has 0 fully saturated rings. The number of aryl methyl sites for hydroxylation is 1. The molecule has 0 saturated carbocycles. The average Bonchev–Trinajstić information content (AvgIpc) is 2.91. The molecule has 3 amide bonds. The van der Waals surface area contributed by atoms with Crippen LogP contribution in [0.3, 0.4) is 0 Å². The van der Waals surface area contributed by atoms with E-state index in [0.717, 1.165) is 24.8 Å². The fourth-order valence-corrected chi connectivity index (χ4v) is 2.95. The summed E-state index contributed by atoms with van der Waals surface area (Å²) in [5.74, 6) is -0.538. The van der Waals surface area contributed by atoms with Gasteiger partial charge in [0.05, 0.1) is 0 Å². The van der Waals surface area contributed by atoms with Crippen LogP contribution in [0.2, 0.25) is 0 Å². The molecule has 0 radical (unpaired) electrons. The van der Waals surface area contributed by atoms with Crippen molar-refractivity contribution in [2.45, 2.75) is 66.0 Å². The van der Waals surface area contributed by atoms with Crippen LogP contribution in [0.15, 0.2) is 18.2 Å². The normalized spacial score (nSPS) is 13.7. The Balaban J connectivity index is 0.00000139. The Labute approximate surface area is 144 Å². The van der Waals surface area contributed by atoms with Gasteiger partial charge in [-0.2, -0.15) is 0 Å². The molecule has 5 nitrogen and oxygen atoms in total. The van der Waals surface area contributed by atoms with Crippen molar-refractivity contribution in [3.63, 3.8) is 0 Å². The quantitative estimate of drug-likeness (QED) is 0.780. The molecular formula is C19H28N2O3. The van der Waals surface area contributed by atoms with Gasteiger partial charge in [0.15, 0.2) is 0 Å². The summed E-state index contributed by atoms with van der Waals surface area (Å²) in [5.41, 5.74) is 2.84. The lowest BCUT2D eigenvalue weighted by atomic mass is 10.0. The molecule has 132 valence electrons. The highest BCUT2D eigenvalue weighted by Crippen LogP contribution is 2.27. The molecule has 1 N–H and O–H groups in total. The largest absolute Gasteiger partial charge is 0.322 e. The van der Waals surface area contributed by atoms with Gasteiger partial charge in [-0.3, -0.25) is 19.7 Å². The van der Waals surface area contributed by atoms with Gasteiger partial charge < -0.3 is 4.90 Å². The van der Waals surface area contributed by atoms with Crippen molar-refractivity contribution in [2.24, 2.45) is 0 Å². The summed E-state index contributed by atoms with van der Waals surface area (Å²) in [6.45, 7) is 8.50. The van der Waals surface area contributed by atoms with E-state index in [1.54, 1.807) is 4.90 Å². The van der Waals surface area contributed by atoms with Crippen LogP contribution in [-0.2, 0) is 22.6 Å². The summed E-state index contributed by atoms with van der Waals surface area (Å²) in [6, 6.07) is 5.29. The number of benzene rings is 1. The highest BCUT2D eigenvalue weighted by Gasteiger charge is 2.35. The zero-order chi connectivity index (χ0) is 18.1. The van der Waals surface area contributed by atoms with E-state index in [0.29, 0.717) is 24.9 Å². The second-order valence-corrected chi connectivity index (χ2v) is 5.61. The van der Waals surface area contributed by atoms with Gasteiger partial charge in [-0.25, -0.2) is 0 Å². The fraction of sp³-hybridized carbons (Fsp3) is 0.526. The zero-order valence-corrected chi connectivity index (χ0v) is 15.1. The Kier molecular flexibility index (Phi) is 8.16. The third-order valence-electron chi connectivity index (χ3n) is 3.98. The Bertz CT molecular complexity index is 584. The molecule has 2 rings (SSSR count). The van der Waals surface area contributed by atoms with Crippen molar-refractivity contribution in [1.82, 2.24) is 10.2 Å². The minimum absolute atomic E-state index is 0.127. The van der Waals surface area contributed by atoms with Crippen LogP contribution in [0.25, 0.3) is 0 Å². The fourth-order valence-electron chi connectivity index (χ4n) is 2.95. The second-order valence-electron chi connectivity index (χ2n) is 5.61. The smallest absolute Gasteiger partial charge is 0.255 e. The van der Waals surface area contributed by atoms with E-state index in [2.05, 4.69) is 18.3 Å². The van der Waals surface area contributed by atoms with Gasteiger partial charge in [0, 0.05) is 12.1 Å². The number of hydrogen-bond acceptors (Lipinski definition) is 3. The number of fused-ring (bicyclic) bond motifs is 1. The lowest BCUT2D eigenvalue weighted by Crippen LogP contribution is -2.46. The first-order chi connectivity index (χ1) is 11.6. The standard InChI is InChI=1S/C17H22N2O3.C2H6/c1-3-5-12-7-8-14-13(9-12)10-19(17(14)22)15(6-4-2)16(21)18-11-20;1-2/h7-9,11,15H,3-6,10H2,1-2H3,(H,18,20,21);1-2H3. The molecule has 0 aromatic heterocycles. The lowest BCUT2D eigenvalue weighted by molar-refractivity contribution is -0.129. The highest BCUT2D eigenvalue weighted by molar-refractivity contribution is 6.02. The van der Waals surface area contributed by atoms with Crippen LogP contribution in [0.4, 0.5) is 0 Å². The van der Waals surface area contributed by atoms with E-state index in [9.17, 15) is 14.4 Å². The predicted molar refractivity (Wildman–Crippen MR) is 94.6 cm³/mol. The Hall–Kier alpha value is -2.17. The van der Waals surface area contributed by atoms with E-state index in [1.165, 1.54) is 5.56 Å². The molecule has 0 spiro atoms. The second kappa shape index (κ2) is 9.85. The topological polar surface area (TPSA) is 66.5 Å². The molecule has 0 bridgehead atoms. The summed E-state index contributed by atoms with van der Waals surface area (Å²) >= 11 is 0. The maximum absolute atomic E-state index is 12.5. The average molecular weight is 332 g/mol. The molecule has 1 aliphatic heterocycles. The van der Waals surface area contributed by atoms with E-state index in [1.807, 2.05) is 32.9 Å². The van der Waals surface area contributed by atoms with Crippen molar-refractivity contribution >= 4 is 18.2 Å². The number of rotatable bonds is 7. The summed E-state index contributed by atoms with van der Waals surface area (Å²) in [7, 11) is 0. The summed E-state index contributed by atoms with van der Waals surface area (Å²) < 4.78 is 0. The Morgan fingerprint density at radius 3 is 2.58 bits per heavy atom. The van der Waals surface area contributed by atoms with Gasteiger partial charge in [-0.05, 0) is 30.0 Å². The molecule has 1 atom stereocenters. The number of hydrogen-bond donors (Lipinski definition) is 1. The molecular weight excluding hydrogens is 304 g/mol. The monoisotopic (exact) mass is 332 g/mol. The Morgan fingerprint density at radius 1 is 1.29 bits per heavy atom. The molecule has 5 heteroatoms. The molecule has 24 heavy (non-hydrogen) atoms. The van der Waals surface area contributed by atoms with E-state index in [-0.39, 0.29) is 5.91 Å². The molecule has 1 unspecified atom stereocenters. The molecule has 0 saturated heterocycles. The number of nitrogens with one attached hydrogen (secondary N) is 1. The van der Waals surface area contributed by atoms with Crippen LogP contribution in [-0.4, -0.2) is 29.2 Å². The first kappa shape index (κ1) is 19.9. The van der Waals surface area contributed by atoms with Crippen molar-refractivity contribution in [3.8, 4) is 0 Å². The Morgan fingerprint density at radius 2 is 2.00 bits per heavy atom. The van der Waals surface area contributed by atoms with Crippen LogP contribution in [0, 0.1) is 0 Å². The van der Waals surface area contributed by atoms with Crippen LogP contribution < -0.4 is 5.32 Å². The van der Waals surface area contributed by atoms with Gasteiger partial charge in [0.1, 0.15) is 6.04 Å². The summed E-state index contributed by atoms with van der Waals surface area (Å²) in [5, 5.41) is 2.17. The van der Waals surface area contributed by atoms with Gasteiger partial charge >= 0.3 is 0 Å². The number of carbonyl (C=O) groups excluding carboxylic acids is 3. The molecule has 1 aromatic rings. The van der Waals surface area contributed by atoms with Crippen LogP contribution in [0.1, 0.15) is 68.4 Å². The van der Waals surface area contributed by atoms with E-state index in [4.69, 9.17) is 0 Å². The molecule has 0 aliphatic carbocycles. The van der Waals surface area contributed by atoms with Crippen molar-refractivity contribution in [1.29, 1.82) is 0 Å². The van der Waals surface area contributed by atoms with Crippen LogP contribution >= 0.6 is 0 Å². The zero-order valence-electron chi connectivity index (χ0n) is 15.1. The number of carbonyl (C=O) groups is 3. The summed E-state index contributed by atoms with van der Waals surface area (Å²) in [6.07, 6.45) is 3.71. The molecule has 1 heterocycles. The minimum Gasteiger partial charge on any atom is -0.322 e. The number of amides is 3. The number of nitrogens with zero attached hydrogens (tertiary/aromatic N) is 1. The first-order valence-electron chi connectivity index (χ1n) is 8.79. The third kappa shape index (κ3) is 4.43.